The van der Waals surface area contributed by atoms with Crippen molar-refractivity contribution in [3.05, 3.63) is 0 Å². The van der Waals surface area contributed by atoms with Gasteiger partial charge in [0.25, 0.3) is 0 Å². The highest BCUT2D eigenvalue weighted by molar-refractivity contribution is 4.95. The molecule has 1 aliphatic rings. The molecule has 1 unspecified atom stereocenters. The monoisotopic (exact) mass is 266 g/mol. The maximum Gasteiger partial charge on any atom is 0.389 e. The Morgan fingerprint density at radius 3 is 2.39 bits per heavy atom. The normalized spacial score (nSPS) is 25.3. The largest absolute Gasteiger partial charge is 0.389 e. The number of halogens is 3. The Bertz CT molecular complexity index is 249. The van der Waals surface area contributed by atoms with Crippen LogP contribution in [0.25, 0.3) is 0 Å². The molecule has 18 heavy (non-hydrogen) atoms. The average Bonchev–Trinajstić information content (AvgIpc) is 2.30. The van der Waals surface area contributed by atoms with Gasteiger partial charge in [0.05, 0.1) is 0 Å². The van der Waals surface area contributed by atoms with E-state index < -0.39 is 12.6 Å². The zero-order valence-electron chi connectivity index (χ0n) is 11.6. The van der Waals surface area contributed by atoms with Crippen molar-refractivity contribution < 1.29 is 13.2 Å². The summed E-state index contributed by atoms with van der Waals surface area (Å²) >= 11 is 0. The van der Waals surface area contributed by atoms with Crippen LogP contribution in [0.1, 0.15) is 46.5 Å². The average molecular weight is 266 g/mol. The predicted molar refractivity (Wildman–Crippen MR) is 67.6 cm³/mol. The van der Waals surface area contributed by atoms with Gasteiger partial charge in [0.15, 0.2) is 0 Å². The summed E-state index contributed by atoms with van der Waals surface area (Å²) in [5, 5.41) is 3.55. The molecule has 108 valence electrons. The molecular weight excluding hydrogens is 241 g/mol. The lowest BCUT2D eigenvalue weighted by atomic mass is 9.88. The summed E-state index contributed by atoms with van der Waals surface area (Å²) < 4.78 is 36.5. The summed E-state index contributed by atoms with van der Waals surface area (Å²) in [7, 11) is 0. The third-order valence-electron chi connectivity index (χ3n) is 4.16. The van der Waals surface area contributed by atoms with Crippen molar-refractivity contribution in [2.24, 2.45) is 0 Å². The minimum absolute atomic E-state index is 0.0880. The van der Waals surface area contributed by atoms with Crippen LogP contribution >= 0.6 is 0 Å². The number of rotatable bonds is 5. The van der Waals surface area contributed by atoms with E-state index in [9.17, 15) is 13.2 Å². The molecule has 0 aromatic rings. The van der Waals surface area contributed by atoms with E-state index in [2.05, 4.69) is 31.0 Å². The molecule has 0 radical (unpaired) electrons. The van der Waals surface area contributed by atoms with E-state index in [0.717, 1.165) is 25.9 Å². The molecule has 2 nitrogen and oxygen atoms in total. The van der Waals surface area contributed by atoms with Crippen LogP contribution in [-0.2, 0) is 0 Å². The Balaban J connectivity index is 2.47. The molecule has 1 rings (SSSR count). The van der Waals surface area contributed by atoms with Gasteiger partial charge in [0.2, 0.25) is 0 Å². The van der Waals surface area contributed by atoms with Crippen LogP contribution in [0.15, 0.2) is 0 Å². The van der Waals surface area contributed by atoms with Crippen molar-refractivity contribution in [2.45, 2.75) is 64.2 Å². The van der Waals surface area contributed by atoms with Gasteiger partial charge < -0.3 is 5.32 Å². The molecular formula is C13H25F3N2. The van der Waals surface area contributed by atoms with Crippen molar-refractivity contribution >= 4 is 0 Å². The van der Waals surface area contributed by atoms with Gasteiger partial charge in [-0.15, -0.1) is 0 Å². The van der Waals surface area contributed by atoms with Crippen LogP contribution in [0.4, 0.5) is 13.2 Å². The van der Waals surface area contributed by atoms with Gasteiger partial charge in [-0.25, -0.2) is 0 Å². The van der Waals surface area contributed by atoms with Gasteiger partial charge in [0, 0.05) is 31.1 Å². The number of piperazine rings is 1. The fourth-order valence-corrected chi connectivity index (χ4v) is 2.60. The fraction of sp³-hybridized carbons (Fsp3) is 1.00. The summed E-state index contributed by atoms with van der Waals surface area (Å²) in [6.45, 7) is 8.63. The summed E-state index contributed by atoms with van der Waals surface area (Å²) in [4.78, 5) is 2.20. The maximum absolute atomic E-state index is 12.2. The summed E-state index contributed by atoms with van der Waals surface area (Å²) in [6, 6.07) is 0.324. The first-order valence-corrected chi connectivity index (χ1v) is 6.88. The first-order chi connectivity index (χ1) is 8.32. The molecule has 0 bridgehead atoms. The lowest BCUT2D eigenvalue weighted by molar-refractivity contribution is -0.136. The molecule has 1 fully saturated rings. The second kappa shape index (κ2) is 6.24. The quantitative estimate of drug-likeness (QED) is 0.822. The third-order valence-corrected chi connectivity index (χ3v) is 4.16. The molecule has 0 aromatic heterocycles. The number of alkyl halides is 3. The van der Waals surface area contributed by atoms with Crippen LogP contribution in [-0.4, -0.2) is 42.3 Å². The Labute approximate surface area is 108 Å². The molecule has 0 aliphatic carbocycles. The van der Waals surface area contributed by atoms with Crippen molar-refractivity contribution in [3.63, 3.8) is 0 Å². The molecule has 1 aliphatic heterocycles. The molecule has 0 saturated carbocycles. The zero-order chi connectivity index (χ0) is 13.8. The van der Waals surface area contributed by atoms with Crippen LogP contribution in [0.3, 0.4) is 0 Å². The van der Waals surface area contributed by atoms with E-state index in [4.69, 9.17) is 0 Å². The van der Waals surface area contributed by atoms with Gasteiger partial charge in [-0.1, -0.05) is 13.8 Å². The molecule has 1 saturated heterocycles. The highest BCUT2D eigenvalue weighted by Gasteiger charge is 2.35. The molecule has 1 heterocycles. The number of hydrogen-bond acceptors (Lipinski definition) is 2. The second-order valence-electron chi connectivity index (χ2n) is 5.41. The first-order valence-electron chi connectivity index (χ1n) is 6.88. The molecule has 1 N–H and O–H groups in total. The van der Waals surface area contributed by atoms with Crippen LogP contribution < -0.4 is 5.32 Å². The number of nitrogens with zero attached hydrogens (tertiary/aromatic N) is 1. The predicted octanol–water partition coefficient (Wildman–Crippen LogP) is 3.18. The van der Waals surface area contributed by atoms with Crippen LogP contribution in [0.5, 0.6) is 0 Å². The maximum atomic E-state index is 12.2. The Morgan fingerprint density at radius 1 is 1.28 bits per heavy atom. The smallest absolute Gasteiger partial charge is 0.308 e. The minimum atomic E-state index is -4.02. The Hall–Kier alpha value is -0.290. The van der Waals surface area contributed by atoms with E-state index in [1.54, 1.807) is 0 Å². The molecule has 0 amide bonds. The van der Waals surface area contributed by atoms with E-state index >= 15 is 0 Å². The van der Waals surface area contributed by atoms with E-state index in [1.165, 1.54) is 0 Å². The Kier molecular flexibility index (Phi) is 5.46. The van der Waals surface area contributed by atoms with E-state index in [1.807, 2.05) is 0 Å². The Morgan fingerprint density at radius 2 is 1.89 bits per heavy atom. The molecule has 1 atom stereocenters. The van der Waals surface area contributed by atoms with Gasteiger partial charge in [-0.2, -0.15) is 13.2 Å². The SMILES string of the molecule is CCC1(CC)CN(CCCC(F)(F)F)C(C)CN1. The number of nitrogens with one attached hydrogen (secondary N) is 1. The topological polar surface area (TPSA) is 15.3 Å². The minimum Gasteiger partial charge on any atom is -0.308 e. The van der Waals surface area contributed by atoms with Crippen LogP contribution in [0.2, 0.25) is 0 Å². The molecule has 0 spiro atoms. The van der Waals surface area contributed by atoms with E-state index in [-0.39, 0.29) is 12.0 Å². The molecule has 0 aromatic carbocycles. The van der Waals surface area contributed by atoms with Crippen molar-refractivity contribution in [1.82, 2.24) is 10.2 Å². The van der Waals surface area contributed by atoms with Crippen molar-refractivity contribution in [2.75, 3.05) is 19.6 Å². The van der Waals surface area contributed by atoms with Crippen molar-refractivity contribution in [1.29, 1.82) is 0 Å². The van der Waals surface area contributed by atoms with Gasteiger partial charge in [-0.3, -0.25) is 4.90 Å². The highest BCUT2D eigenvalue weighted by atomic mass is 19.4. The van der Waals surface area contributed by atoms with Gasteiger partial charge >= 0.3 is 6.18 Å². The van der Waals surface area contributed by atoms with Gasteiger partial charge in [0.1, 0.15) is 0 Å². The second-order valence-corrected chi connectivity index (χ2v) is 5.41. The zero-order valence-corrected chi connectivity index (χ0v) is 11.6. The van der Waals surface area contributed by atoms with E-state index in [0.29, 0.717) is 12.6 Å². The standard InChI is InChI=1S/C13H25F3N2/c1-4-12(5-2)10-18(11(3)9-17-12)8-6-7-13(14,15)16/h11,17H,4-10H2,1-3H3. The summed E-state index contributed by atoms with van der Waals surface area (Å²) in [6.07, 6.45) is -2.45. The summed E-state index contributed by atoms with van der Waals surface area (Å²) in [5.74, 6) is 0. The molecule has 5 heteroatoms. The van der Waals surface area contributed by atoms with Crippen LogP contribution in [0, 0.1) is 0 Å². The summed E-state index contributed by atoms with van der Waals surface area (Å²) in [5.41, 5.74) is 0.0880. The first kappa shape index (κ1) is 15.8. The van der Waals surface area contributed by atoms with Gasteiger partial charge in [-0.05, 0) is 32.7 Å². The fourth-order valence-electron chi connectivity index (χ4n) is 2.60. The lowest BCUT2D eigenvalue weighted by Crippen LogP contribution is -2.63. The lowest BCUT2D eigenvalue weighted by Gasteiger charge is -2.46. The highest BCUT2D eigenvalue weighted by Crippen LogP contribution is 2.25. The third kappa shape index (κ3) is 4.43. The van der Waals surface area contributed by atoms with Crippen molar-refractivity contribution in [3.8, 4) is 0 Å². The number of hydrogen-bond donors (Lipinski definition) is 1.